The van der Waals surface area contributed by atoms with E-state index in [9.17, 15) is 19.2 Å². The van der Waals surface area contributed by atoms with Crippen LogP contribution in [0.15, 0.2) is 60.7 Å². The number of carbonyl (C=O) groups is 4. The van der Waals surface area contributed by atoms with Crippen molar-refractivity contribution in [2.24, 2.45) is 0 Å². The number of hydrogen-bond donors (Lipinski definition) is 1. The molecule has 0 radical (unpaired) electrons. The topological polar surface area (TPSA) is 113 Å². The molecule has 9 nitrogen and oxygen atoms in total. The summed E-state index contributed by atoms with van der Waals surface area (Å²) in [6.45, 7) is 0.315. The van der Waals surface area contributed by atoms with Crippen molar-refractivity contribution >= 4 is 23.7 Å². The molecule has 0 unspecified atom stereocenters. The first-order valence-corrected chi connectivity index (χ1v) is 11.1. The zero-order chi connectivity index (χ0) is 25.4. The Kier molecular flexibility index (Phi) is 8.61. The Morgan fingerprint density at radius 1 is 1.00 bits per heavy atom. The number of aliphatic carboxylic acids is 1. The largest absolute Gasteiger partial charge is 0.493 e. The Labute approximate surface area is 203 Å². The van der Waals surface area contributed by atoms with Gasteiger partial charge in [0.25, 0.3) is 5.91 Å². The lowest BCUT2D eigenvalue weighted by atomic mass is 10.1. The zero-order valence-electron chi connectivity index (χ0n) is 19.7. The Bertz CT molecular complexity index is 1110. The van der Waals surface area contributed by atoms with Crippen LogP contribution in [0.3, 0.4) is 0 Å². The molecular weight excluding hydrogens is 452 g/mol. The fourth-order valence-corrected chi connectivity index (χ4v) is 3.97. The minimum absolute atomic E-state index is 0.106. The monoisotopic (exact) mass is 480 g/mol. The number of hydrogen-bond acceptors (Lipinski definition) is 6. The van der Waals surface area contributed by atoms with Crippen LogP contribution in [0, 0.1) is 0 Å². The van der Waals surface area contributed by atoms with E-state index in [1.54, 1.807) is 12.1 Å². The number of carboxylic acids is 1. The van der Waals surface area contributed by atoms with Gasteiger partial charge in [-0.25, -0.2) is 4.79 Å². The molecule has 3 rings (SSSR count). The van der Waals surface area contributed by atoms with Crippen LogP contribution in [0.2, 0.25) is 0 Å². The van der Waals surface area contributed by atoms with Gasteiger partial charge in [0.15, 0.2) is 11.5 Å². The molecule has 0 saturated carbocycles. The van der Waals surface area contributed by atoms with E-state index in [2.05, 4.69) is 0 Å². The molecule has 0 aromatic heterocycles. The number of carbonyl (C=O) groups excluding carboxylic acids is 3. The number of rotatable bonds is 11. The minimum atomic E-state index is -1.28. The molecule has 184 valence electrons. The molecule has 1 aliphatic rings. The van der Waals surface area contributed by atoms with E-state index in [1.165, 1.54) is 24.0 Å². The van der Waals surface area contributed by atoms with Gasteiger partial charge in [0.05, 0.1) is 20.6 Å². The van der Waals surface area contributed by atoms with Crippen molar-refractivity contribution in [2.75, 3.05) is 27.3 Å². The maximum atomic E-state index is 13.2. The Hall–Kier alpha value is -4.14. The fraction of sp³-hybridized carbons (Fsp3) is 0.308. The van der Waals surface area contributed by atoms with Gasteiger partial charge in [-0.2, -0.15) is 0 Å². The Morgan fingerprint density at radius 3 is 2.37 bits per heavy atom. The van der Waals surface area contributed by atoms with Crippen LogP contribution in [-0.2, 0) is 32.0 Å². The first-order chi connectivity index (χ1) is 16.8. The van der Waals surface area contributed by atoms with E-state index in [0.717, 1.165) is 23.3 Å². The highest BCUT2D eigenvalue weighted by molar-refractivity contribution is 6.07. The minimum Gasteiger partial charge on any atom is -0.493 e. The lowest BCUT2D eigenvalue weighted by Crippen LogP contribution is -2.46. The summed E-state index contributed by atoms with van der Waals surface area (Å²) in [5, 5.41) is 8.93. The van der Waals surface area contributed by atoms with Gasteiger partial charge in [-0.3, -0.25) is 19.3 Å². The normalized spacial score (nSPS) is 15.5. The molecule has 1 heterocycles. The third-order valence-electron chi connectivity index (χ3n) is 5.80. The molecule has 0 spiro atoms. The summed E-state index contributed by atoms with van der Waals surface area (Å²) in [5.74, 6) is -1.68. The summed E-state index contributed by atoms with van der Waals surface area (Å²) in [6.07, 6.45) is 2.34. The van der Waals surface area contributed by atoms with Crippen molar-refractivity contribution in [3.63, 3.8) is 0 Å². The van der Waals surface area contributed by atoms with Crippen LogP contribution in [0.5, 0.6) is 11.5 Å². The fourth-order valence-electron chi connectivity index (χ4n) is 3.97. The van der Waals surface area contributed by atoms with Crippen molar-refractivity contribution in [1.29, 1.82) is 0 Å². The number of likely N-dealkylation sites (tertiary alicyclic amines) is 1. The van der Waals surface area contributed by atoms with Crippen LogP contribution in [-0.4, -0.2) is 71.9 Å². The number of imide groups is 1. The summed E-state index contributed by atoms with van der Waals surface area (Å²) in [4.78, 5) is 52.1. The van der Waals surface area contributed by atoms with E-state index >= 15 is 0 Å². The van der Waals surface area contributed by atoms with Crippen LogP contribution in [0.25, 0.3) is 0 Å². The molecule has 1 saturated heterocycles. The van der Waals surface area contributed by atoms with Gasteiger partial charge < -0.3 is 19.5 Å². The molecule has 1 aliphatic heterocycles. The van der Waals surface area contributed by atoms with Crippen molar-refractivity contribution in [3.8, 4) is 11.5 Å². The highest BCUT2D eigenvalue weighted by Crippen LogP contribution is 2.28. The molecular formula is C26H28N2O7. The predicted octanol–water partition coefficient (Wildman–Crippen LogP) is 2.09. The molecule has 0 bridgehead atoms. The summed E-state index contributed by atoms with van der Waals surface area (Å²) in [5.41, 5.74) is 1.81. The number of amides is 3. The van der Waals surface area contributed by atoms with E-state index < -0.39 is 23.8 Å². The van der Waals surface area contributed by atoms with Gasteiger partial charge in [0, 0.05) is 25.2 Å². The number of methoxy groups -OCH3 is 2. The molecule has 2 aromatic rings. The number of ether oxygens (including phenoxy) is 2. The first-order valence-electron chi connectivity index (χ1n) is 11.1. The maximum Gasteiger partial charge on any atom is 0.328 e. The lowest BCUT2D eigenvalue weighted by molar-refractivity contribution is -0.142. The second kappa shape index (κ2) is 11.8. The second-order valence-corrected chi connectivity index (χ2v) is 7.98. The van der Waals surface area contributed by atoms with Crippen molar-refractivity contribution in [1.82, 2.24) is 9.80 Å². The van der Waals surface area contributed by atoms with Crippen LogP contribution in [0.1, 0.15) is 17.5 Å². The third-order valence-corrected chi connectivity index (χ3v) is 5.80. The predicted molar refractivity (Wildman–Crippen MR) is 127 cm³/mol. The van der Waals surface area contributed by atoms with E-state index in [0.29, 0.717) is 24.3 Å². The summed E-state index contributed by atoms with van der Waals surface area (Å²) in [7, 11) is 3.04. The number of nitrogens with zero attached hydrogens (tertiary/aromatic N) is 2. The summed E-state index contributed by atoms with van der Waals surface area (Å²) in [6, 6.07) is 13.8. The molecule has 0 aliphatic carbocycles. The SMILES string of the molecule is COc1ccc(CCN(C(=O)/C=C/C(=O)O)[C@@H]2CC(=O)N(CCc3ccccc3)C2=O)cc1OC. The van der Waals surface area contributed by atoms with Gasteiger partial charge in [0.2, 0.25) is 11.8 Å². The Balaban J connectivity index is 1.77. The van der Waals surface area contributed by atoms with E-state index in [-0.39, 0.29) is 25.4 Å². The number of benzene rings is 2. The van der Waals surface area contributed by atoms with Gasteiger partial charge >= 0.3 is 5.97 Å². The average Bonchev–Trinajstić information content (AvgIpc) is 3.14. The van der Waals surface area contributed by atoms with Crippen LogP contribution in [0.4, 0.5) is 0 Å². The van der Waals surface area contributed by atoms with Gasteiger partial charge in [-0.1, -0.05) is 36.4 Å². The Morgan fingerprint density at radius 2 is 1.71 bits per heavy atom. The molecule has 1 fully saturated rings. The van der Waals surface area contributed by atoms with Crippen molar-refractivity contribution < 1.29 is 33.8 Å². The third kappa shape index (κ3) is 6.47. The second-order valence-electron chi connectivity index (χ2n) is 7.98. The van der Waals surface area contributed by atoms with Crippen molar-refractivity contribution in [3.05, 3.63) is 71.8 Å². The van der Waals surface area contributed by atoms with Crippen LogP contribution >= 0.6 is 0 Å². The molecule has 35 heavy (non-hydrogen) atoms. The first kappa shape index (κ1) is 25.5. The smallest absolute Gasteiger partial charge is 0.328 e. The van der Waals surface area contributed by atoms with Gasteiger partial charge in [0.1, 0.15) is 6.04 Å². The summed E-state index contributed by atoms with van der Waals surface area (Å²) >= 11 is 0. The highest BCUT2D eigenvalue weighted by Gasteiger charge is 2.42. The molecule has 3 amide bonds. The van der Waals surface area contributed by atoms with E-state index in [4.69, 9.17) is 14.6 Å². The molecule has 1 atom stereocenters. The molecule has 2 aromatic carbocycles. The standard InChI is InChI=1S/C26H28N2O7/c1-34-21-9-8-19(16-22(21)35-2)13-14-27(23(29)10-11-25(31)32)20-17-24(30)28(26(20)33)15-12-18-6-4-3-5-7-18/h3-11,16,20H,12-15,17H2,1-2H3,(H,31,32)/b11-10+/t20-/m1/s1. The van der Waals surface area contributed by atoms with Crippen molar-refractivity contribution in [2.45, 2.75) is 25.3 Å². The summed E-state index contributed by atoms with van der Waals surface area (Å²) < 4.78 is 10.6. The quantitative estimate of drug-likeness (QED) is 0.387. The average molecular weight is 481 g/mol. The molecule has 9 heteroatoms. The maximum absolute atomic E-state index is 13.2. The van der Waals surface area contributed by atoms with Crippen LogP contribution < -0.4 is 9.47 Å². The molecule has 1 N–H and O–H groups in total. The highest BCUT2D eigenvalue weighted by atomic mass is 16.5. The zero-order valence-corrected chi connectivity index (χ0v) is 19.7. The van der Waals surface area contributed by atoms with Gasteiger partial charge in [-0.05, 0) is 36.1 Å². The van der Waals surface area contributed by atoms with Gasteiger partial charge in [-0.15, -0.1) is 0 Å². The van der Waals surface area contributed by atoms with E-state index in [1.807, 2.05) is 36.4 Å². The lowest BCUT2D eigenvalue weighted by Gasteiger charge is -2.27. The number of carboxylic acid groups (broad SMARTS) is 1.